The van der Waals surface area contributed by atoms with Crippen molar-refractivity contribution in [2.24, 2.45) is 0 Å². The van der Waals surface area contributed by atoms with Crippen molar-refractivity contribution in [3.05, 3.63) is 28.8 Å². The van der Waals surface area contributed by atoms with Crippen LogP contribution in [0, 0.1) is 0 Å². The Hall–Kier alpha value is -0.730. The molecule has 0 heterocycles. The third-order valence-corrected chi connectivity index (χ3v) is 2.51. The van der Waals surface area contributed by atoms with E-state index in [0.717, 1.165) is 29.1 Å². The maximum absolute atomic E-state index is 8.79. The molecule has 1 rings (SSSR count). The summed E-state index contributed by atoms with van der Waals surface area (Å²) in [5.74, 6) is 0. The molecule has 14 heavy (non-hydrogen) atoms. The first-order chi connectivity index (χ1) is 6.66. The molecule has 0 saturated carbocycles. The van der Waals surface area contributed by atoms with Gasteiger partial charge < -0.3 is 10.0 Å². The van der Waals surface area contributed by atoms with Crippen LogP contribution in [0.1, 0.15) is 12.0 Å². The summed E-state index contributed by atoms with van der Waals surface area (Å²) in [6.07, 6.45) is 1.58. The van der Waals surface area contributed by atoms with Gasteiger partial charge in [0, 0.05) is 31.4 Å². The highest BCUT2D eigenvalue weighted by molar-refractivity contribution is 6.31. The van der Waals surface area contributed by atoms with Crippen molar-refractivity contribution in [1.82, 2.24) is 0 Å². The van der Waals surface area contributed by atoms with Gasteiger partial charge in [-0.15, -0.1) is 0 Å². The van der Waals surface area contributed by atoms with E-state index in [1.807, 2.05) is 37.2 Å². The molecule has 3 heteroatoms. The standard InChI is InChI=1S/C11H16ClNO/c1-13(2)11-7-3-6-10(12)9(11)5-4-8-14/h3,6-7,14H,4-5,8H2,1-2H3. The summed E-state index contributed by atoms with van der Waals surface area (Å²) in [6, 6.07) is 5.87. The molecular formula is C11H16ClNO. The fourth-order valence-electron chi connectivity index (χ4n) is 1.47. The van der Waals surface area contributed by atoms with E-state index in [-0.39, 0.29) is 6.61 Å². The molecular weight excluding hydrogens is 198 g/mol. The maximum Gasteiger partial charge on any atom is 0.0458 e. The molecule has 0 amide bonds. The number of halogens is 1. The van der Waals surface area contributed by atoms with Crippen LogP contribution in [0.5, 0.6) is 0 Å². The highest BCUT2D eigenvalue weighted by Gasteiger charge is 2.07. The second-order valence-electron chi connectivity index (χ2n) is 3.46. The average Bonchev–Trinajstić information content (AvgIpc) is 2.15. The Labute approximate surface area is 90.1 Å². The van der Waals surface area contributed by atoms with Gasteiger partial charge in [0.25, 0.3) is 0 Å². The normalized spacial score (nSPS) is 10.3. The number of aliphatic hydroxyl groups is 1. The Morgan fingerprint density at radius 3 is 2.64 bits per heavy atom. The predicted molar refractivity (Wildman–Crippen MR) is 61.2 cm³/mol. The molecule has 1 N–H and O–H groups in total. The minimum Gasteiger partial charge on any atom is -0.396 e. The second-order valence-corrected chi connectivity index (χ2v) is 3.87. The molecule has 0 atom stereocenters. The van der Waals surface area contributed by atoms with Crippen molar-refractivity contribution in [2.75, 3.05) is 25.6 Å². The van der Waals surface area contributed by atoms with Crippen molar-refractivity contribution in [3.8, 4) is 0 Å². The van der Waals surface area contributed by atoms with E-state index in [4.69, 9.17) is 16.7 Å². The summed E-state index contributed by atoms with van der Waals surface area (Å²) in [6.45, 7) is 0.206. The lowest BCUT2D eigenvalue weighted by atomic mass is 10.1. The van der Waals surface area contributed by atoms with Gasteiger partial charge in [-0.05, 0) is 30.5 Å². The van der Waals surface area contributed by atoms with E-state index in [0.29, 0.717) is 0 Å². The van der Waals surface area contributed by atoms with Crippen LogP contribution in [0.4, 0.5) is 5.69 Å². The van der Waals surface area contributed by atoms with Crippen LogP contribution in [0.2, 0.25) is 5.02 Å². The van der Waals surface area contributed by atoms with Crippen molar-refractivity contribution in [2.45, 2.75) is 12.8 Å². The SMILES string of the molecule is CN(C)c1cccc(Cl)c1CCCO. The van der Waals surface area contributed by atoms with Crippen molar-refractivity contribution < 1.29 is 5.11 Å². The highest BCUT2D eigenvalue weighted by atomic mass is 35.5. The van der Waals surface area contributed by atoms with Crippen LogP contribution in [0.25, 0.3) is 0 Å². The van der Waals surface area contributed by atoms with Gasteiger partial charge in [-0.3, -0.25) is 0 Å². The number of anilines is 1. The number of hydrogen-bond donors (Lipinski definition) is 1. The molecule has 0 fully saturated rings. The average molecular weight is 214 g/mol. The Bertz CT molecular complexity index is 299. The molecule has 78 valence electrons. The van der Waals surface area contributed by atoms with Crippen LogP contribution in [-0.4, -0.2) is 25.8 Å². The van der Waals surface area contributed by atoms with Crippen molar-refractivity contribution in [1.29, 1.82) is 0 Å². The van der Waals surface area contributed by atoms with Crippen LogP contribution in [0.3, 0.4) is 0 Å². The van der Waals surface area contributed by atoms with Gasteiger partial charge in [-0.1, -0.05) is 17.7 Å². The molecule has 1 aromatic carbocycles. The molecule has 0 unspecified atom stereocenters. The molecule has 0 aromatic heterocycles. The molecule has 0 spiro atoms. The predicted octanol–water partition coefficient (Wildman–Crippen LogP) is 2.33. The molecule has 0 aliphatic rings. The van der Waals surface area contributed by atoms with E-state index < -0.39 is 0 Å². The first kappa shape index (κ1) is 11.3. The van der Waals surface area contributed by atoms with Crippen LogP contribution < -0.4 is 4.90 Å². The number of aliphatic hydroxyl groups excluding tert-OH is 1. The minimum absolute atomic E-state index is 0.206. The highest BCUT2D eigenvalue weighted by Crippen LogP contribution is 2.27. The molecule has 0 bridgehead atoms. The smallest absolute Gasteiger partial charge is 0.0458 e. The minimum atomic E-state index is 0.206. The molecule has 0 saturated heterocycles. The molecule has 0 radical (unpaired) electrons. The zero-order valence-corrected chi connectivity index (χ0v) is 9.38. The molecule has 1 aromatic rings. The zero-order valence-electron chi connectivity index (χ0n) is 8.63. The lowest BCUT2D eigenvalue weighted by Crippen LogP contribution is -2.11. The summed E-state index contributed by atoms with van der Waals surface area (Å²) in [7, 11) is 3.99. The number of nitrogens with zero attached hydrogens (tertiary/aromatic N) is 1. The van der Waals surface area contributed by atoms with E-state index in [2.05, 4.69) is 0 Å². The Balaban J connectivity index is 2.96. The summed E-state index contributed by atoms with van der Waals surface area (Å²) in [5, 5.41) is 9.57. The fourth-order valence-corrected chi connectivity index (χ4v) is 1.73. The Kier molecular flexibility index (Phi) is 4.23. The van der Waals surface area contributed by atoms with Gasteiger partial charge in [-0.25, -0.2) is 0 Å². The van der Waals surface area contributed by atoms with Gasteiger partial charge in [0.05, 0.1) is 0 Å². The summed E-state index contributed by atoms with van der Waals surface area (Å²) < 4.78 is 0. The van der Waals surface area contributed by atoms with Gasteiger partial charge in [0.1, 0.15) is 0 Å². The third kappa shape index (κ3) is 2.63. The molecule has 0 aliphatic carbocycles. The Morgan fingerprint density at radius 2 is 2.07 bits per heavy atom. The lowest BCUT2D eigenvalue weighted by molar-refractivity contribution is 0.288. The summed E-state index contributed by atoms with van der Waals surface area (Å²) in [4.78, 5) is 2.04. The van der Waals surface area contributed by atoms with Gasteiger partial charge in [0.15, 0.2) is 0 Å². The van der Waals surface area contributed by atoms with Crippen LogP contribution in [-0.2, 0) is 6.42 Å². The first-order valence-corrected chi connectivity index (χ1v) is 5.10. The quantitative estimate of drug-likeness (QED) is 0.830. The third-order valence-electron chi connectivity index (χ3n) is 2.16. The Morgan fingerprint density at radius 1 is 1.36 bits per heavy atom. The first-order valence-electron chi connectivity index (χ1n) is 4.72. The second kappa shape index (κ2) is 5.23. The fraction of sp³-hybridized carbons (Fsp3) is 0.455. The summed E-state index contributed by atoms with van der Waals surface area (Å²) in [5.41, 5.74) is 2.25. The van der Waals surface area contributed by atoms with Gasteiger partial charge >= 0.3 is 0 Å². The maximum atomic E-state index is 8.79. The monoisotopic (exact) mass is 213 g/mol. The van der Waals surface area contributed by atoms with Crippen LogP contribution >= 0.6 is 11.6 Å². The van der Waals surface area contributed by atoms with Gasteiger partial charge in [-0.2, -0.15) is 0 Å². The van der Waals surface area contributed by atoms with Crippen molar-refractivity contribution >= 4 is 17.3 Å². The van der Waals surface area contributed by atoms with E-state index in [1.54, 1.807) is 0 Å². The molecule has 2 nitrogen and oxygen atoms in total. The van der Waals surface area contributed by atoms with Crippen LogP contribution in [0.15, 0.2) is 18.2 Å². The lowest BCUT2D eigenvalue weighted by Gasteiger charge is -2.18. The molecule has 0 aliphatic heterocycles. The largest absolute Gasteiger partial charge is 0.396 e. The number of benzene rings is 1. The zero-order chi connectivity index (χ0) is 10.6. The number of rotatable bonds is 4. The van der Waals surface area contributed by atoms with Crippen molar-refractivity contribution in [3.63, 3.8) is 0 Å². The topological polar surface area (TPSA) is 23.5 Å². The van der Waals surface area contributed by atoms with E-state index in [9.17, 15) is 0 Å². The number of hydrogen-bond acceptors (Lipinski definition) is 2. The van der Waals surface area contributed by atoms with Gasteiger partial charge in [0.2, 0.25) is 0 Å². The summed E-state index contributed by atoms with van der Waals surface area (Å²) >= 11 is 6.10. The van der Waals surface area contributed by atoms with E-state index in [1.165, 1.54) is 0 Å². The van der Waals surface area contributed by atoms with E-state index >= 15 is 0 Å².